The minimum absolute atomic E-state index is 0.0216. The van der Waals surface area contributed by atoms with Crippen LogP contribution in [0.15, 0.2) is 36.5 Å². The second-order valence-electron chi connectivity index (χ2n) is 3.47. The summed E-state index contributed by atoms with van der Waals surface area (Å²) >= 11 is 0. The number of hydrogen-bond donors (Lipinski definition) is 2. The molecule has 0 radical (unpaired) electrons. The van der Waals surface area contributed by atoms with Crippen molar-refractivity contribution < 1.29 is 14.3 Å². The quantitative estimate of drug-likeness (QED) is 0.831. The summed E-state index contributed by atoms with van der Waals surface area (Å²) in [6, 6.07) is 6.99. The molecule has 0 aliphatic heterocycles. The van der Waals surface area contributed by atoms with Crippen LogP contribution in [-0.4, -0.2) is 16.1 Å². The van der Waals surface area contributed by atoms with Gasteiger partial charge in [-0.05, 0) is 30.3 Å². The molecule has 0 unspecified atom stereocenters. The van der Waals surface area contributed by atoms with Crippen LogP contribution in [0.5, 0.6) is 0 Å². The van der Waals surface area contributed by atoms with E-state index < -0.39 is 5.97 Å². The zero-order valence-corrected chi connectivity index (χ0v) is 8.72. The van der Waals surface area contributed by atoms with E-state index in [-0.39, 0.29) is 17.1 Å². The first-order valence-corrected chi connectivity index (χ1v) is 4.82. The Hall–Kier alpha value is -2.43. The molecule has 0 atom stereocenters. The van der Waals surface area contributed by atoms with Crippen molar-refractivity contribution in [2.24, 2.45) is 0 Å². The van der Waals surface area contributed by atoms with Gasteiger partial charge in [-0.2, -0.15) is 0 Å². The smallest absolute Gasteiger partial charge is 0.337 e. The van der Waals surface area contributed by atoms with Crippen LogP contribution >= 0.6 is 0 Å². The Morgan fingerprint density at radius 1 is 1.29 bits per heavy atom. The highest BCUT2D eigenvalue weighted by molar-refractivity contribution is 5.89. The normalized spacial score (nSPS) is 10.2. The first-order valence-electron chi connectivity index (χ1n) is 4.82. The standard InChI is InChI=1S/C12H9FN2O2/c13-9-3-1-7(2-4-9)11-10(14)5-8(6-15-11)12(16)17/h1-6H,14H2,(H,16,17). The summed E-state index contributed by atoms with van der Waals surface area (Å²) in [6.07, 6.45) is 1.22. The number of carbonyl (C=O) groups is 1. The molecule has 86 valence electrons. The highest BCUT2D eigenvalue weighted by Gasteiger charge is 2.09. The van der Waals surface area contributed by atoms with E-state index in [0.29, 0.717) is 11.3 Å². The number of halogens is 1. The number of carboxylic acid groups (broad SMARTS) is 1. The minimum Gasteiger partial charge on any atom is -0.478 e. The molecular formula is C12H9FN2O2. The summed E-state index contributed by atoms with van der Waals surface area (Å²) in [5.41, 5.74) is 7.06. The number of nitrogens with zero attached hydrogens (tertiary/aromatic N) is 1. The van der Waals surface area contributed by atoms with Crippen molar-refractivity contribution in [2.45, 2.75) is 0 Å². The Bertz CT molecular complexity index is 567. The monoisotopic (exact) mass is 232 g/mol. The van der Waals surface area contributed by atoms with Crippen LogP contribution in [0.4, 0.5) is 10.1 Å². The summed E-state index contributed by atoms with van der Waals surface area (Å²) in [5.74, 6) is -1.44. The zero-order valence-electron chi connectivity index (χ0n) is 8.72. The van der Waals surface area contributed by atoms with Crippen LogP contribution in [-0.2, 0) is 0 Å². The van der Waals surface area contributed by atoms with Crippen molar-refractivity contribution in [1.82, 2.24) is 4.98 Å². The fourth-order valence-electron chi connectivity index (χ4n) is 1.45. The Morgan fingerprint density at radius 2 is 1.94 bits per heavy atom. The van der Waals surface area contributed by atoms with Crippen molar-refractivity contribution >= 4 is 11.7 Å². The summed E-state index contributed by atoms with van der Waals surface area (Å²) in [4.78, 5) is 14.7. The topological polar surface area (TPSA) is 76.2 Å². The summed E-state index contributed by atoms with van der Waals surface area (Å²) < 4.78 is 12.7. The molecule has 0 spiro atoms. The van der Waals surface area contributed by atoms with Gasteiger partial charge >= 0.3 is 5.97 Å². The SMILES string of the molecule is Nc1cc(C(=O)O)cnc1-c1ccc(F)cc1. The lowest BCUT2D eigenvalue weighted by molar-refractivity contribution is 0.0696. The predicted molar refractivity (Wildman–Crippen MR) is 61.0 cm³/mol. The first-order chi connectivity index (χ1) is 8.08. The molecule has 5 heteroatoms. The number of carboxylic acids is 1. The van der Waals surface area contributed by atoms with Gasteiger partial charge < -0.3 is 10.8 Å². The Balaban J connectivity index is 2.46. The summed E-state index contributed by atoms with van der Waals surface area (Å²) in [5, 5.41) is 8.76. The number of aromatic carboxylic acids is 1. The number of nitrogen functional groups attached to an aromatic ring is 1. The van der Waals surface area contributed by atoms with Crippen molar-refractivity contribution in [3.63, 3.8) is 0 Å². The number of pyridine rings is 1. The lowest BCUT2D eigenvalue weighted by atomic mass is 10.1. The van der Waals surface area contributed by atoms with E-state index in [1.807, 2.05) is 0 Å². The molecule has 3 N–H and O–H groups in total. The fraction of sp³-hybridized carbons (Fsp3) is 0. The average Bonchev–Trinajstić information content (AvgIpc) is 2.30. The zero-order chi connectivity index (χ0) is 12.4. The van der Waals surface area contributed by atoms with Crippen LogP contribution in [0.1, 0.15) is 10.4 Å². The maximum Gasteiger partial charge on any atom is 0.337 e. The van der Waals surface area contributed by atoms with Gasteiger partial charge in [0.05, 0.1) is 16.9 Å². The molecule has 1 heterocycles. The van der Waals surface area contributed by atoms with Crippen molar-refractivity contribution in [1.29, 1.82) is 0 Å². The van der Waals surface area contributed by atoms with E-state index >= 15 is 0 Å². The Kier molecular flexibility index (Phi) is 2.74. The molecule has 0 fully saturated rings. The van der Waals surface area contributed by atoms with Crippen molar-refractivity contribution in [2.75, 3.05) is 5.73 Å². The largest absolute Gasteiger partial charge is 0.478 e. The van der Waals surface area contributed by atoms with Gasteiger partial charge in [0.25, 0.3) is 0 Å². The van der Waals surface area contributed by atoms with Gasteiger partial charge in [-0.3, -0.25) is 4.98 Å². The maximum absolute atomic E-state index is 12.7. The molecule has 17 heavy (non-hydrogen) atoms. The Morgan fingerprint density at radius 3 is 2.47 bits per heavy atom. The van der Waals surface area contributed by atoms with Crippen LogP contribution < -0.4 is 5.73 Å². The van der Waals surface area contributed by atoms with Gasteiger partial charge in [0, 0.05) is 11.8 Å². The van der Waals surface area contributed by atoms with Gasteiger partial charge in [-0.1, -0.05) is 0 Å². The maximum atomic E-state index is 12.7. The molecule has 2 aromatic rings. The number of aromatic nitrogens is 1. The summed E-state index contributed by atoms with van der Waals surface area (Å²) in [7, 11) is 0. The fourth-order valence-corrected chi connectivity index (χ4v) is 1.45. The van der Waals surface area contributed by atoms with E-state index in [4.69, 9.17) is 10.8 Å². The molecule has 1 aromatic carbocycles. The molecule has 0 amide bonds. The highest BCUT2D eigenvalue weighted by atomic mass is 19.1. The molecule has 0 bridgehead atoms. The van der Waals surface area contributed by atoms with Crippen LogP contribution in [0.25, 0.3) is 11.3 Å². The van der Waals surface area contributed by atoms with E-state index in [9.17, 15) is 9.18 Å². The molecule has 0 aliphatic carbocycles. The molecule has 0 saturated heterocycles. The second-order valence-corrected chi connectivity index (χ2v) is 3.47. The Labute approximate surface area is 96.5 Å². The van der Waals surface area contributed by atoms with Crippen LogP contribution in [0, 0.1) is 5.82 Å². The van der Waals surface area contributed by atoms with Gasteiger partial charge in [0.1, 0.15) is 5.82 Å². The third-order valence-corrected chi connectivity index (χ3v) is 2.28. The van der Waals surface area contributed by atoms with Crippen molar-refractivity contribution in [3.05, 3.63) is 47.9 Å². The third-order valence-electron chi connectivity index (χ3n) is 2.28. The van der Waals surface area contributed by atoms with Gasteiger partial charge in [-0.25, -0.2) is 9.18 Å². The van der Waals surface area contributed by atoms with E-state index in [2.05, 4.69) is 4.98 Å². The molecule has 0 aliphatic rings. The van der Waals surface area contributed by atoms with E-state index in [1.165, 1.54) is 36.5 Å². The molecule has 0 saturated carbocycles. The number of nitrogens with two attached hydrogens (primary N) is 1. The first kappa shape index (κ1) is 11.1. The lowest BCUT2D eigenvalue weighted by Crippen LogP contribution is -2.01. The predicted octanol–water partition coefficient (Wildman–Crippen LogP) is 2.17. The molecule has 2 rings (SSSR count). The number of benzene rings is 1. The van der Waals surface area contributed by atoms with E-state index in [0.717, 1.165) is 0 Å². The highest BCUT2D eigenvalue weighted by Crippen LogP contribution is 2.24. The third kappa shape index (κ3) is 2.23. The number of hydrogen-bond acceptors (Lipinski definition) is 3. The van der Waals surface area contributed by atoms with Gasteiger partial charge in [-0.15, -0.1) is 0 Å². The number of anilines is 1. The van der Waals surface area contributed by atoms with Crippen LogP contribution in [0.2, 0.25) is 0 Å². The second kappa shape index (κ2) is 4.21. The summed E-state index contributed by atoms with van der Waals surface area (Å²) in [6.45, 7) is 0. The molecular weight excluding hydrogens is 223 g/mol. The number of rotatable bonds is 2. The minimum atomic E-state index is -1.09. The van der Waals surface area contributed by atoms with Crippen molar-refractivity contribution in [3.8, 4) is 11.3 Å². The van der Waals surface area contributed by atoms with Gasteiger partial charge in [0.15, 0.2) is 0 Å². The van der Waals surface area contributed by atoms with E-state index in [1.54, 1.807) is 0 Å². The van der Waals surface area contributed by atoms with Crippen LogP contribution in [0.3, 0.4) is 0 Å². The van der Waals surface area contributed by atoms with Gasteiger partial charge in [0.2, 0.25) is 0 Å². The lowest BCUT2D eigenvalue weighted by Gasteiger charge is -2.05. The molecule has 1 aromatic heterocycles. The molecule has 4 nitrogen and oxygen atoms in total. The average molecular weight is 232 g/mol.